The van der Waals surface area contributed by atoms with Crippen LogP contribution in [0.4, 0.5) is 0 Å². The average molecular weight is 348 g/mol. The molecule has 0 amide bonds. The van der Waals surface area contributed by atoms with Gasteiger partial charge < -0.3 is 9.32 Å². The number of nitrogens with zero attached hydrogens (tertiary/aromatic N) is 2. The van der Waals surface area contributed by atoms with E-state index in [1.54, 1.807) is 6.26 Å². The van der Waals surface area contributed by atoms with Gasteiger partial charge in [0.05, 0.1) is 12.8 Å². The Morgan fingerprint density at radius 1 is 1.08 bits per heavy atom. The maximum atomic E-state index is 5.45. The molecule has 0 atom stereocenters. The zero-order valence-electron chi connectivity index (χ0n) is 16.6. The third-order valence-corrected chi connectivity index (χ3v) is 4.85. The summed E-state index contributed by atoms with van der Waals surface area (Å²) in [5, 5.41) is 0. The molecule has 1 heterocycles. The van der Waals surface area contributed by atoms with Crippen molar-refractivity contribution in [3.8, 4) is 11.1 Å². The standard InChI is InChI=1S/C23H28N2O/c1-15(2)18-10-9-16(3)22-20(13-18)17(4)12-21(22)23(25(5)6)24-14-19-8-7-11-26-19/h7-13,15H,14H2,1-6H3. The van der Waals surface area contributed by atoms with Crippen LogP contribution in [0.2, 0.25) is 0 Å². The topological polar surface area (TPSA) is 28.7 Å². The highest BCUT2D eigenvalue weighted by molar-refractivity contribution is 6.07. The smallest absolute Gasteiger partial charge is 0.131 e. The van der Waals surface area contributed by atoms with Crippen molar-refractivity contribution < 1.29 is 4.42 Å². The van der Waals surface area contributed by atoms with Gasteiger partial charge in [0.25, 0.3) is 0 Å². The lowest BCUT2D eigenvalue weighted by Gasteiger charge is -2.17. The van der Waals surface area contributed by atoms with Gasteiger partial charge in [-0.3, -0.25) is 4.99 Å². The number of amidine groups is 1. The Kier molecular flexibility index (Phi) is 5.17. The van der Waals surface area contributed by atoms with Gasteiger partial charge in [-0.15, -0.1) is 0 Å². The molecule has 3 heteroatoms. The maximum absolute atomic E-state index is 5.45. The molecule has 1 aromatic rings. The number of rotatable bonds is 4. The fourth-order valence-electron chi connectivity index (χ4n) is 3.40. The lowest BCUT2D eigenvalue weighted by Crippen LogP contribution is -2.23. The Morgan fingerprint density at radius 2 is 1.85 bits per heavy atom. The Labute approximate surface area is 156 Å². The summed E-state index contributed by atoms with van der Waals surface area (Å²) in [4.78, 5) is 6.96. The van der Waals surface area contributed by atoms with Crippen LogP contribution in [-0.2, 0) is 6.54 Å². The monoisotopic (exact) mass is 348 g/mol. The Balaban J connectivity index is 2.14. The lowest BCUT2D eigenvalue weighted by molar-refractivity contribution is 0.510. The molecule has 0 radical (unpaired) electrons. The van der Waals surface area contributed by atoms with Crippen molar-refractivity contribution in [1.82, 2.24) is 4.90 Å². The van der Waals surface area contributed by atoms with Crippen LogP contribution in [0.15, 0.2) is 52.1 Å². The molecular formula is C23H28N2O. The molecule has 0 unspecified atom stereocenters. The van der Waals surface area contributed by atoms with E-state index in [-0.39, 0.29) is 0 Å². The summed E-state index contributed by atoms with van der Waals surface area (Å²) >= 11 is 0. The number of aliphatic imine (C=N–C) groups is 1. The van der Waals surface area contributed by atoms with Crippen LogP contribution in [0.3, 0.4) is 0 Å². The van der Waals surface area contributed by atoms with E-state index in [0.717, 1.165) is 11.6 Å². The van der Waals surface area contributed by atoms with Crippen LogP contribution in [-0.4, -0.2) is 24.8 Å². The van der Waals surface area contributed by atoms with E-state index < -0.39 is 0 Å². The quantitative estimate of drug-likeness (QED) is 0.451. The highest BCUT2D eigenvalue weighted by Gasteiger charge is 2.21. The van der Waals surface area contributed by atoms with E-state index in [1.807, 2.05) is 26.2 Å². The number of hydrogen-bond donors (Lipinski definition) is 0. The molecular weight excluding hydrogens is 320 g/mol. The van der Waals surface area contributed by atoms with Crippen molar-refractivity contribution >= 4 is 5.84 Å². The van der Waals surface area contributed by atoms with E-state index in [9.17, 15) is 0 Å². The minimum Gasteiger partial charge on any atom is -0.467 e. The van der Waals surface area contributed by atoms with Crippen LogP contribution in [0, 0.1) is 13.8 Å². The van der Waals surface area contributed by atoms with E-state index in [4.69, 9.17) is 9.41 Å². The molecule has 2 aliphatic carbocycles. The predicted octanol–water partition coefficient (Wildman–Crippen LogP) is 5.63. The first-order valence-corrected chi connectivity index (χ1v) is 9.17. The van der Waals surface area contributed by atoms with Crippen LogP contribution in [0.5, 0.6) is 0 Å². The molecule has 136 valence electrons. The molecule has 0 N–H and O–H groups in total. The van der Waals surface area contributed by atoms with Gasteiger partial charge in [-0.25, -0.2) is 0 Å². The molecule has 26 heavy (non-hydrogen) atoms. The Morgan fingerprint density at radius 3 is 2.46 bits per heavy atom. The first kappa shape index (κ1) is 18.2. The molecule has 3 nitrogen and oxygen atoms in total. The molecule has 3 rings (SSSR count). The molecule has 2 aliphatic rings. The van der Waals surface area contributed by atoms with E-state index in [1.165, 1.54) is 33.4 Å². The van der Waals surface area contributed by atoms with Gasteiger partial charge in [0, 0.05) is 19.7 Å². The van der Waals surface area contributed by atoms with Crippen molar-refractivity contribution in [1.29, 1.82) is 0 Å². The molecule has 0 bridgehead atoms. The number of furan rings is 1. The summed E-state index contributed by atoms with van der Waals surface area (Å²) in [7, 11) is 4.10. The number of hydrogen-bond acceptors (Lipinski definition) is 2. The van der Waals surface area contributed by atoms with Gasteiger partial charge in [-0.1, -0.05) is 32.0 Å². The van der Waals surface area contributed by atoms with Gasteiger partial charge in [0.2, 0.25) is 0 Å². The normalized spacial score (nSPS) is 12.2. The van der Waals surface area contributed by atoms with Gasteiger partial charge >= 0.3 is 0 Å². The molecule has 0 aliphatic heterocycles. The summed E-state index contributed by atoms with van der Waals surface area (Å²) in [6.45, 7) is 9.41. The number of fused-ring (bicyclic) bond motifs is 1. The van der Waals surface area contributed by atoms with Crippen molar-refractivity contribution in [3.05, 3.63) is 70.7 Å². The minimum atomic E-state index is 0.503. The van der Waals surface area contributed by atoms with Crippen LogP contribution < -0.4 is 0 Å². The molecule has 1 aromatic heterocycles. The van der Waals surface area contributed by atoms with Gasteiger partial charge in [-0.2, -0.15) is 0 Å². The minimum absolute atomic E-state index is 0.503. The SMILES string of the molecule is Cc1cc(C(=NCc2ccco2)N(C)C)c2c(C)ccc(C(C)C)cc1-2. The molecule has 0 fully saturated rings. The van der Waals surface area contributed by atoms with Crippen molar-refractivity contribution in [2.75, 3.05) is 14.1 Å². The predicted molar refractivity (Wildman–Crippen MR) is 109 cm³/mol. The van der Waals surface area contributed by atoms with Crippen LogP contribution >= 0.6 is 0 Å². The van der Waals surface area contributed by atoms with Crippen molar-refractivity contribution in [2.24, 2.45) is 4.99 Å². The third-order valence-electron chi connectivity index (χ3n) is 4.85. The second-order valence-electron chi connectivity index (χ2n) is 7.46. The van der Waals surface area contributed by atoms with Crippen LogP contribution in [0.25, 0.3) is 11.1 Å². The maximum Gasteiger partial charge on any atom is 0.131 e. The highest BCUT2D eigenvalue weighted by atomic mass is 16.3. The summed E-state index contributed by atoms with van der Waals surface area (Å²) in [6.07, 6.45) is 1.69. The van der Waals surface area contributed by atoms with Gasteiger partial charge in [-0.05, 0) is 65.8 Å². The summed E-state index contributed by atoms with van der Waals surface area (Å²) in [5.74, 6) is 2.37. The summed E-state index contributed by atoms with van der Waals surface area (Å²) < 4.78 is 5.45. The Bertz CT molecular complexity index is 889. The Hall–Kier alpha value is -2.55. The summed E-state index contributed by atoms with van der Waals surface area (Å²) in [6, 6.07) is 13.0. The second kappa shape index (κ2) is 7.36. The first-order chi connectivity index (χ1) is 12.4. The fourth-order valence-corrected chi connectivity index (χ4v) is 3.40. The lowest BCUT2D eigenvalue weighted by atomic mass is 10.00. The van der Waals surface area contributed by atoms with Gasteiger partial charge in [0.1, 0.15) is 11.6 Å². The summed E-state index contributed by atoms with van der Waals surface area (Å²) in [5.41, 5.74) is 7.74. The van der Waals surface area contributed by atoms with Crippen LogP contribution in [0.1, 0.15) is 47.8 Å². The molecule has 0 saturated heterocycles. The van der Waals surface area contributed by atoms with E-state index in [2.05, 4.69) is 56.9 Å². The molecule has 0 spiro atoms. The zero-order valence-corrected chi connectivity index (χ0v) is 16.6. The average Bonchev–Trinajstić information content (AvgIpc) is 3.15. The van der Waals surface area contributed by atoms with E-state index in [0.29, 0.717) is 12.5 Å². The van der Waals surface area contributed by atoms with E-state index >= 15 is 0 Å². The number of aryl methyl sites for hydroxylation is 2. The van der Waals surface area contributed by atoms with Crippen molar-refractivity contribution in [2.45, 2.75) is 40.2 Å². The first-order valence-electron chi connectivity index (χ1n) is 9.17. The highest BCUT2D eigenvalue weighted by Crippen LogP contribution is 2.36. The van der Waals surface area contributed by atoms with Crippen molar-refractivity contribution in [3.63, 3.8) is 0 Å². The zero-order chi connectivity index (χ0) is 18.8. The fraction of sp³-hybridized carbons (Fsp3) is 0.348. The molecule has 0 aromatic carbocycles. The third kappa shape index (κ3) is 3.52. The van der Waals surface area contributed by atoms with Gasteiger partial charge in [0.15, 0.2) is 0 Å². The second-order valence-corrected chi connectivity index (χ2v) is 7.46. The molecule has 0 saturated carbocycles. The largest absolute Gasteiger partial charge is 0.467 e.